The van der Waals surface area contributed by atoms with Crippen LogP contribution in [0, 0.1) is 11.8 Å². The number of urea groups is 1. The van der Waals surface area contributed by atoms with Crippen LogP contribution in [0.15, 0.2) is 6.20 Å². The summed E-state index contributed by atoms with van der Waals surface area (Å²) in [7, 11) is 0. The van der Waals surface area contributed by atoms with Crippen LogP contribution in [0.3, 0.4) is 0 Å². The first-order chi connectivity index (χ1) is 12.6. The average Bonchev–Trinajstić information content (AvgIpc) is 3.38. The molecule has 1 saturated heterocycles. The van der Waals surface area contributed by atoms with Crippen LogP contribution in [-0.4, -0.2) is 53.7 Å². The molecule has 3 aliphatic rings. The molecule has 7 nitrogen and oxygen atoms in total. The second kappa shape index (κ2) is 7.02. The lowest BCUT2D eigenvalue weighted by molar-refractivity contribution is 0.0519. The van der Waals surface area contributed by atoms with E-state index in [0.717, 1.165) is 36.7 Å². The van der Waals surface area contributed by atoms with Crippen molar-refractivity contribution in [2.24, 2.45) is 11.8 Å². The molecule has 0 bridgehead atoms. The molecule has 0 aromatic carbocycles. The molecule has 7 heteroatoms. The molecule has 1 aromatic rings. The summed E-state index contributed by atoms with van der Waals surface area (Å²) < 4.78 is 5.85. The standard InChI is InChI=1S/C19H29N5O2/c1-13(2)7-22-18(25)24-6-5-19(11-24)12-26-10-15-9-21-17(23-16(15)19)20-8-14-3-4-14/h9,13-14H,3-8,10-12H2,1-2H3,(H,22,25)(H,20,21,23)/t19-/m1/s1. The maximum absolute atomic E-state index is 12.5. The number of rotatable bonds is 5. The van der Waals surface area contributed by atoms with Crippen LogP contribution in [0.25, 0.3) is 0 Å². The number of hydrogen-bond donors (Lipinski definition) is 2. The Morgan fingerprint density at radius 2 is 2.31 bits per heavy atom. The number of amides is 2. The van der Waals surface area contributed by atoms with E-state index in [0.29, 0.717) is 38.2 Å². The molecule has 1 aliphatic carbocycles. The van der Waals surface area contributed by atoms with E-state index in [1.165, 1.54) is 12.8 Å². The third-order valence-corrected chi connectivity index (χ3v) is 5.55. The van der Waals surface area contributed by atoms with E-state index in [1.54, 1.807) is 0 Å². The zero-order valence-corrected chi connectivity index (χ0v) is 15.8. The molecule has 2 aliphatic heterocycles. The summed E-state index contributed by atoms with van der Waals surface area (Å²) in [5, 5.41) is 6.40. The van der Waals surface area contributed by atoms with Crippen molar-refractivity contribution in [1.82, 2.24) is 20.2 Å². The van der Waals surface area contributed by atoms with Gasteiger partial charge in [0.2, 0.25) is 5.95 Å². The summed E-state index contributed by atoms with van der Waals surface area (Å²) >= 11 is 0. The smallest absolute Gasteiger partial charge is 0.317 e. The van der Waals surface area contributed by atoms with Gasteiger partial charge in [-0.3, -0.25) is 0 Å². The van der Waals surface area contributed by atoms with Gasteiger partial charge < -0.3 is 20.3 Å². The molecule has 2 fully saturated rings. The third kappa shape index (κ3) is 3.63. The molecule has 4 rings (SSSR count). The Labute approximate surface area is 154 Å². The lowest BCUT2D eigenvalue weighted by Gasteiger charge is -2.34. The minimum absolute atomic E-state index is 0.0174. The largest absolute Gasteiger partial charge is 0.376 e. The van der Waals surface area contributed by atoms with Gasteiger partial charge in [0.1, 0.15) is 0 Å². The van der Waals surface area contributed by atoms with E-state index in [1.807, 2.05) is 11.1 Å². The molecule has 2 amide bonds. The average molecular weight is 359 g/mol. The molecule has 0 unspecified atom stereocenters. The molecule has 1 spiro atoms. The maximum atomic E-state index is 12.5. The van der Waals surface area contributed by atoms with Gasteiger partial charge in [0.25, 0.3) is 0 Å². The van der Waals surface area contributed by atoms with Crippen LogP contribution < -0.4 is 10.6 Å². The lowest BCUT2D eigenvalue weighted by Crippen LogP contribution is -2.45. The maximum Gasteiger partial charge on any atom is 0.317 e. The van der Waals surface area contributed by atoms with Crippen LogP contribution >= 0.6 is 0 Å². The van der Waals surface area contributed by atoms with Gasteiger partial charge in [0.05, 0.1) is 24.3 Å². The fraction of sp³-hybridized carbons (Fsp3) is 0.737. The first-order valence-electron chi connectivity index (χ1n) is 9.76. The number of carbonyl (C=O) groups is 1. The number of nitrogens with one attached hydrogen (secondary N) is 2. The summed E-state index contributed by atoms with van der Waals surface area (Å²) in [4.78, 5) is 23.7. The van der Waals surface area contributed by atoms with Crippen LogP contribution in [-0.2, 0) is 16.8 Å². The molecule has 0 radical (unpaired) electrons. The quantitative estimate of drug-likeness (QED) is 0.842. The van der Waals surface area contributed by atoms with Crippen LogP contribution in [0.4, 0.5) is 10.7 Å². The zero-order chi connectivity index (χ0) is 18.1. The van der Waals surface area contributed by atoms with E-state index < -0.39 is 0 Å². The molecule has 142 valence electrons. The molecular formula is C19H29N5O2. The molecular weight excluding hydrogens is 330 g/mol. The van der Waals surface area contributed by atoms with E-state index in [4.69, 9.17) is 9.72 Å². The van der Waals surface area contributed by atoms with Crippen molar-refractivity contribution in [3.63, 3.8) is 0 Å². The number of aromatic nitrogens is 2. The van der Waals surface area contributed by atoms with Crippen LogP contribution in [0.1, 0.15) is 44.4 Å². The summed E-state index contributed by atoms with van der Waals surface area (Å²) in [6, 6.07) is 0.0174. The van der Waals surface area contributed by atoms with Crippen molar-refractivity contribution in [3.8, 4) is 0 Å². The SMILES string of the molecule is CC(C)CNC(=O)N1CC[C@]2(COCc3cnc(NCC4CC4)nc32)C1. The van der Waals surface area contributed by atoms with E-state index in [2.05, 4.69) is 29.5 Å². The highest BCUT2D eigenvalue weighted by Crippen LogP contribution is 2.39. The summed E-state index contributed by atoms with van der Waals surface area (Å²) in [6.07, 6.45) is 5.38. The highest BCUT2D eigenvalue weighted by Gasteiger charge is 2.46. The molecule has 1 aromatic heterocycles. The predicted octanol–water partition coefficient (Wildman–Crippen LogP) is 2.14. The second-order valence-corrected chi connectivity index (χ2v) is 8.42. The van der Waals surface area contributed by atoms with Crippen LogP contribution in [0.2, 0.25) is 0 Å². The first-order valence-corrected chi connectivity index (χ1v) is 9.76. The number of fused-ring (bicyclic) bond motifs is 2. The minimum atomic E-state index is -0.207. The topological polar surface area (TPSA) is 79.4 Å². The molecule has 1 atom stereocenters. The Hall–Kier alpha value is -1.89. The second-order valence-electron chi connectivity index (χ2n) is 8.42. The summed E-state index contributed by atoms with van der Waals surface area (Å²) in [5.74, 6) is 1.93. The van der Waals surface area contributed by atoms with Gasteiger partial charge in [-0.05, 0) is 31.1 Å². The van der Waals surface area contributed by atoms with Gasteiger partial charge in [0, 0.05) is 37.9 Å². The van der Waals surface area contributed by atoms with E-state index in [-0.39, 0.29) is 11.4 Å². The predicted molar refractivity (Wildman–Crippen MR) is 99.0 cm³/mol. The fourth-order valence-corrected chi connectivity index (χ4v) is 3.80. The van der Waals surface area contributed by atoms with Gasteiger partial charge in [-0.25, -0.2) is 14.8 Å². The number of ether oxygens (including phenoxy) is 1. The van der Waals surface area contributed by atoms with Gasteiger partial charge in [0.15, 0.2) is 0 Å². The number of carbonyl (C=O) groups excluding carboxylic acids is 1. The van der Waals surface area contributed by atoms with E-state index in [9.17, 15) is 4.79 Å². The van der Waals surface area contributed by atoms with Gasteiger partial charge in [-0.15, -0.1) is 0 Å². The van der Waals surface area contributed by atoms with Crippen molar-refractivity contribution < 1.29 is 9.53 Å². The molecule has 3 heterocycles. The van der Waals surface area contributed by atoms with Crippen molar-refractivity contribution >= 4 is 12.0 Å². The molecule has 2 N–H and O–H groups in total. The van der Waals surface area contributed by atoms with Gasteiger partial charge in [-0.2, -0.15) is 0 Å². The van der Waals surface area contributed by atoms with Crippen molar-refractivity contribution in [2.75, 3.05) is 38.1 Å². The third-order valence-electron chi connectivity index (χ3n) is 5.55. The highest BCUT2D eigenvalue weighted by atomic mass is 16.5. The first kappa shape index (κ1) is 17.5. The lowest BCUT2D eigenvalue weighted by atomic mass is 9.81. The number of hydrogen-bond acceptors (Lipinski definition) is 5. The van der Waals surface area contributed by atoms with Crippen LogP contribution in [0.5, 0.6) is 0 Å². The Kier molecular flexibility index (Phi) is 4.73. The Balaban J connectivity index is 1.49. The number of nitrogens with zero attached hydrogens (tertiary/aromatic N) is 3. The Morgan fingerprint density at radius 1 is 1.46 bits per heavy atom. The number of anilines is 1. The zero-order valence-electron chi connectivity index (χ0n) is 15.8. The normalized spacial score (nSPS) is 24.8. The highest BCUT2D eigenvalue weighted by molar-refractivity contribution is 5.74. The fourth-order valence-electron chi connectivity index (χ4n) is 3.80. The van der Waals surface area contributed by atoms with Crippen molar-refractivity contribution in [1.29, 1.82) is 0 Å². The summed E-state index contributed by atoms with van der Waals surface area (Å²) in [6.45, 7) is 8.42. The number of likely N-dealkylation sites (tertiary alicyclic amines) is 1. The molecule has 1 saturated carbocycles. The molecule has 26 heavy (non-hydrogen) atoms. The monoisotopic (exact) mass is 359 g/mol. The van der Waals surface area contributed by atoms with Crippen molar-refractivity contribution in [3.05, 3.63) is 17.5 Å². The summed E-state index contributed by atoms with van der Waals surface area (Å²) in [5.41, 5.74) is 1.91. The van der Waals surface area contributed by atoms with Gasteiger partial charge >= 0.3 is 6.03 Å². The Morgan fingerprint density at radius 3 is 3.08 bits per heavy atom. The van der Waals surface area contributed by atoms with Crippen molar-refractivity contribution in [2.45, 2.75) is 45.1 Å². The van der Waals surface area contributed by atoms with Gasteiger partial charge in [-0.1, -0.05) is 13.8 Å². The Bertz CT molecular complexity index is 676. The van der Waals surface area contributed by atoms with E-state index >= 15 is 0 Å². The minimum Gasteiger partial charge on any atom is -0.376 e.